The molecule has 1 aromatic carbocycles. The van der Waals surface area contributed by atoms with Crippen LogP contribution in [0.4, 0.5) is 11.4 Å². The lowest BCUT2D eigenvalue weighted by atomic mass is 9.97. The van der Waals surface area contributed by atoms with Crippen molar-refractivity contribution in [2.24, 2.45) is 17.8 Å². The van der Waals surface area contributed by atoms with Crippen LogP contribution in [0.2, 0.25) is 0 Å². The van der Waals surface area contributed by atoms with E-state index >= 15 is 0 Å². The van der Waals surface area contributed by atoms with Gasteiger partial charge in [-0.1, -0.05) is 0 Å². The van der Waals surface area contributed by atoms with Crippen molar-refractivity contribution in [1.29, 1.82) is 0 Å². The van der Waals surface area contributed by atoms with Gasteiger partial charge < -0.3 is 15.8 Å². The molecule has 3 N–H and O–H groups in total. The molecule has 21 heavy (non-hydrogen) atoms. The number of esters is 1. The van der Waals surface area contributed by atoms with Gasteiger partial charge in [0.25, 0.3) is 0 Å². The van der Waals surface area contributed by atoms with Crippen molar-refractivity contribution in [2.75, 3.05) is 24.2 Å². The third kappa shape index (κ3) is 3.49. The zero-order chi connectivity index (χ0) is 14.8. The van der Waals surface area contributed by atoms with Crippen LogP contribution in [-0.4, -0.2) is 19.1 Å². The van der Waals surface area contributed by atoms with E-state index < -0.39 is 0 Å². The summed E-state index contributed by atoms with van der Waals surface area (Å²) >= 11 is 0. The molecule has 3 rings (SSSR count). The first-order valence-corrected chi connectivity index (χ1v) is 7.99. The molecular weight excluding hydrogens is 264 g/mol. The Bertz CT molecular complexity index is 510. The minimum atomic E-state index is -0.304. The second-order valence-corrected chi connectivity index (χ2v) is 6.25. The molecule has 4 nitrogen and oxygen atoms in total. The highest BCUT2D eigenvalue weighted by Crippen LogP contribution is 2.49. The smallest absolute Gasteiger partial charge is 0.340 e. The number of nitrogens with two attached hydrogens (primary N) is 1. The van der Waals surface area contributed by atoms with Crippen LogP contribution in [0, 0.1) is 17.8 Å². The van der Waals surface area contributed by atoms with E-state index in [1.165, 1.54) is 25.7 Å². The Labute approximate surface area is 126 Å². The molecule has 0 saturated heterocycles. The summed E-state index contributed by atoms with van der Waals surface area (Å²) in [6, 6.07) is 5.41. The molecule has 0 aromatic heterocycles. The lowest BCUT2D eigenvalue weighted by Gasteiger charge is -2.18. The monoisotopic (exact) mass is 288 g/mol. The molecule has 0 heterocycles. The molecule has 0 unspecified atom stereocenters. The number of anilines is 2. The predicted octanol–water partition coefficient (Wildman–Crippen LogP) is 3.29. The zero-order valence-electron chi connectivity index (χ0n) is 12.6. The summed E-state index contributed by atoms with van der Waals surface area (Å²) in [5.74, 6) is 2.24. The first kappa shape index (κ1) is 14.2. The third-order valence-electron chi connectivity index (χ3n) is 4.52. The van der Waals surface area contributed by atoms with Gasteiger partial charge in [-0.05, 0) is 68.6 Å². The second kappa shape index (κ2) is 5.96. The topological polar surface area (TPSA) is 64.3 Å². The zero-order valence-corrected chi connectivity index (χ0v) is 12.6. The van der Waals surface area contributed by atoms with E-state index in [4.69, 9.17) is 10.5 Å². The van der Waals surface area contributed by atoms with Gasteiger partial charge in [0.2, 0.25) is 0 Å². The molecule has 2 aliphatic rings. The minimum absolute atomic E-state index is 0.304. The number of hydrogen-bond acceptors (Lipinski definition) is 4. The second-order valence-electron chi connectivity index (χ2n) is 6.25. The molecule has 2 fully saturated rings. The van der Waals surface area contributed by atoms with E-state index in [0.29, 0.717) is 17.9 Å². The Morgan fingerprint density at radius 2 is 2.00 bits per heavy atom. The minimum Gasteiger partial charge on any atom is -0.462 e. The molecule has 4 heteroatoms. The van der Waals surface area contributed by atoms with Crippen LogP contribution in [0.15, 0.2) is 18.2 Å². The summed E-state index contributed by atoms with van der Waals surface area (Å²) in [5, 5.41) is 3.47. The van der Waals surface area contributed by atoms with E-state index in [2.05, 4.69) is 5.32 Å². The van der Waals surface area contributed by atoms with Gasteiger partial charge in [0.1, 0.15) is 0 Å². The maximum Gasteiger partial charge on any atom is 0.340 e. The number of benzene rings is 1. The fourth-order valence-corrected chi connectivity index (χ4v) is 3.09. The van der Waals surface area contributed by atoms with Gasteiger partial charge >= 0.3 is 5.97 Å². The Morgan fingerprint density at radius 1 is 1.33 bits per heavy atom. The fraction of sp³-hybridized carbons (Fsp3) is 0.588. The molecule has 2 saturated carbocycles. The number of rotatable bonds is 7. The highest BCUT2D eigenvalue weighted by Gasteiger charge is 2.41. The van der Waals surface area contributed by atoms with Gasteiger partial charge in [-0.3, -0.25) is 0 Å². The van der Waals surface area contributed by atoms with E-state index in [-0.39, 0.29) is 5.97 Å². The van der Waals surface area contributed by atoms with Gasteiger partial charge in [-0.15, -0.1) is 0 Å². The maximum absolute atomic E-state index is 12.0. The molecular formula is C17H24N2O2. The normalized spacial score (nSPS) is 17.8. The number of nitrogen functional groups attached to an aromatic ring is 1. The van der Waals surface area contributed by atoms with Gasteiger partial charge in [0.05, 0.1) is 12.2 Å². The average Bonchev–Trinajstić information content (AvgIpc) is 3.34. The number of carbonyl (C=O) groups is 1. The van der Waals surface area contributed by atoms with Crippen LogP contribution in [0.25, 0.3) is 0 Å². The molecule has 1 aromatic rings. The van der Waals surface area contributed by atoms with Crippen LogP contribution in [0.1, 0.15) is 43.0 Å². The number of ether oxygens (including phenoxy) is 1. The summed E-state index contributed by atoms with van der Waals surface area (Å²) < 4.78 is 5.12. The molecule has 0 radical (unpaired) electrons. The van der Waals surface area contributed by atoms with Gasteiger partial charge in [0.15, 0.2) is 0 Å². The van der Waals surface area contributed by atoms with Crippen LogP contribution >= 0.6 is 0 Å². The summed E-state index contributed by atoms with van der Waals surface area (Å²) in [5.41, 5.74) is 7.77. The molecule has 2 aliphatic carbocycles. The fourth-order valence-electron chi connectivity index (χ4n) is 3.09. The van der Waals surface area contributed by atoms with Crippen molar-refractivity contribution in [1.82, 2.24) is 0 Å². The number of nitrogens with one attached hydrogen (secondary N) is 1. The summed E-state index contributed by atoms with van der Waals surface area (Å²) in [4.78, 5) is 12.0. The molecule has 0 amide bonds. The quantitative estimate of drug-likeness (QED) is 0.597. The van der Waals surface area contributed by atoms with Crippen molar-refractivity contribution in [3.8, 4) is 0 Å². The predicted molar refractivity (Wildman–Crippen MR) is 84.2 cm³/mol. The van der Waals surface area contributed by atoms with E-state index in [1.807, 2.05) is 19.1 Å². The first-order chi connectivity index (χ1) is 10.2. The maximum atomic E-state index is 12.0. The standard InChI is InChI=1S/C17H24N2O2/c1-2-21-17(20)14-9-13(18)7-8-16(14)19-10-15(11-3-4-11)12-5-6-12/h7-9,11-12,15,19H,2-6,10,18H2,1H3. The first-order valence-electron chi connectivity index (χ1n) is 7.99. The van der Waals surface area contributed by atoms with Crippen molar-refractivity contribution >= 4 is 17.3 Å². The number of carbonyl (C=O) groups excluding carboxylic acids is 1. The van der Waals surface area contributed by atoms with Crippen LogP contribution in [0.5, 0.6) is 0 Å². The van der Waals surface area contributed by atoms with Gasteiger partial charge in [-0.2, -0.15) is 0 Å². The van der Waals surface area contributed by atoms with E-state index in [0.717, 1.165) is 30.0 Å². The molecule has 0 bridgehead atoms. The van der Waals surface area contributed by atoms with Crippen molar-refractivity contribution < 1.29 is 9.53 Å². The largest absolute Gasteiger partial charge is 0.462 e. The van der Waals surface area contributed by atoms with Crippen LogP contribution < -0.4 is 11.1 Å². The Balaban J connectivity index is 1.70. The van der Waals surface area contributed by atoms with Crippen LogP contribution in [0.3, 0.4) is 0 Å². The summed E-state index contributed by atoms with van der Waals surface area (Å²) in [6.07, 6.45) is 5.48. The SMILES string of the molecule is CCOC(=O)c1cc(N)ccc1NCC(C1CC1)C1CC1. The molecule has 114 valence electrons. The Kier molecular flexibility index (Phi) is 4.04. The Morgan fingerprint density at radius 3 is 2.57 bits per heavy atom. The highest BCUT2D eigenvalue weighted by atomic mass is 16.5. The van der Waals surface area contributed by atoms with E-state index in [1.54, 1.807) is 6.07 Å². The molecule has 0 aliphatic heterocycles. The van der Waals surface area contributed by atoms with Crippen molar-refractivity contribution in [3.05, 3.63) is 23.8 Å². The highest BCUT2D eigenvalue weighted by molar-refractivity contribution is 5.96. The Hall–Kier alpha value is -1.71. The lowest BCUT2D eigenvalue weighted by molar-refractivity contribution is 0.0527. The lowest BCUT2D eigenvalue weighted by Crippen LogP contribution is -2.20. The number of hydrogen-bond donors (Lipinski definition) is 2. The van der Waals surface area contributed by atoms with Crippen molar-refractivity contribution in [2.45, 2.75) is 32.6 Å². The summed E-state index contributed by atoms with van der Waals surface area (Å²) in [7, 11) is 0. The average molecular weight is 288 g/mol. The van der Waals surface area contributed by atoms with Gasteiger partial charge in [-0.25, -0.2) is 4.79 Å². The summed E-state index contributed by atoms with van der Waals surface area (Å²) in [6.45, 7) is 3.14. The van der Waals surface area contributed by atoms with Gasteiger partial charge in [0, 0.05) is 17.9 Å². The molecule has 0 atom stereocenters. The third-order valence-corrected chi connectivity index (χ3v) is 4.52. The molecule has 0 spiro atoms. The van der Waals surface area contributed by atoms with E-state index in [9.17, 15) is 4.79 Å². The van der Waals surface area contributed by atoms with Crippen molar-refractivity contribution in [3.63, 3.8) is 0 Å². The van der Waals surface area contributed by atoms with Crippen LogP contribution in [-0.2, 0) is 4.74 Å².